The number of carbonyl (C=O) groups is 1. The highest BCUT2D eigenvalue weighted by molar-refractivity contribution is 6.32. The van der Waals surface area contributed by atoms with Crippen molar-refractivity contribution in [3.05, 3.63) is 23.2 Å². The Labute approximate surface area is 113 Å². The summed E-state index contributed by atoms with van der Waals surface area (Å²) in [7, 11) is 0. The molecule has 0 aliphatic heterocycles. The van der Waals surface area contributed by atoms with Crippen LogP contribution in [0.5, 0.6) is 5.75 Å². The molecule has 1 rings (SSSR count). The topological polar surface area (TPSA) is 50.4 Å². The number of hydrogen-bond donors (Lipinski definition) is 2. The van der Waals surface area contributed by atoms with Crippen molar-refractivity contribution in [3.63, 3.8) is 0 Å². The van der Waals surface area contributed by atoms with Crippen molar-refractivity contribution in [1.29, 1.82) is 0 Å². The maximum absolute atomic E-state index is 11.6. The minimum atomic E-state index is -0.0936. The maximum Gasteiger partial charge on any atom is 0.238 e. The van der Waals surface area contributed by atoms with Crippen molar-refractivity contribution in [2.75, 3.05) is 18.5 Å². The van der Waals surface area contributed by atoms with Gasteiger partial charge in [-0.25, -0.2) is 0 Å². The van der Waals surface area contributed by atoms with E-state index in [0.29, 0.717) is 23.1 Å². The molecule has 100 valence electrons. The van der Waals surface area contributed by atoms with Gasteiger partial charge in [-0.3, -0.25) is 4.79 Å². The first-order valence-corrected chi connectivity index (χ1v) is 6.36. The van der Waals surface area contributed by atoms with Crippen molar-refractivity contribution in [2.45, 2.75) is 26.8 Å². The van der Waals surface area contributed by atoms with Gasteiger partial charge in [-0.05, 0) is 25.1 Å². The summed E-state index contributed by atoms with van der Waals surface area (Å²) >= 11 is 6.03. The standard InChI is InChI=1S/C13H19ClN2O2/c1-4-18-12-6-5-10(7-11(12)14)16-13(17)8-15-9(2)3/h5-7,9,15H,4,8H2,1-3H3,(H,16,17). The number of anilines is 1. The zero-order valence-electron chi connectivity index (χ0n) is 10.9. The fraction of sp³-hybridized carbons (Fsp3) is 0.462. The first-order chi connectivity index (χ1) is 8.52. The average Bonchev–Trinajstić information content (AvgIpc) is 2.30. The van der Waals surface area contributed by atoms with Gasteiger partial charge in [0.2, 0.25) is 5.91 Å². The van der Waals surface area contributed by atoms with Crippen molar-refractivity contribution in [3.8, 4) is 5.75 Å². The quantitative estimate of drug-likeness (QED) is 0.836. The lowest BCUT2D eigenvalue weighted by atomic mass is 10.3. The molecule has 4 nitrogen and oxygen atoms in total. The van der Waals surface area contributed by atoms with Gasteiger partial charge in [0.15, 0.2) is 0 Å². The number of amides is 1. The van der Waals surface area contributed by atoms with E-state index in [4.69, 9.17) is 16.3 Å². The van der Waals surface area contributed by atoms with Crippen LogP contribution >= 0.6 is 11.6 Å². The van der Waals surface area contributed by atoms with Crippen LogP contribution in [0.3, 0.4) is 0 Å². The highest BCUT2D eigenvalue weighted by Gasteiger charge is 2.06. The van der Waals surface area contributed by atoms with Gasteiger partial charge >= 0.3 is 0 Å². The van der Waals surface area contributed by atoms with Crippen molar-refractivity contribution in [2.24, 2.45) is 0 Å². The largest absolute Gasteiger partial charge is 0.492 e. The first kappa shape index (κ1) is 14.8. The number of hydrogen-bond acceptors (Lipinski definition) is 3. The molecule has 2 N–H and O–H groups in total. The van der Waals surface area contributed by atoms with Crippen LogP contribution in [0, 0.1) is 0 Å². The molecule has 1 aromatic carbocycles. The van der Waals surface area contributed by atoms with Crippen molar-refractivity contribution in [1.82, 2.24) is 5.32 Å². The van der Waals surface area contributed by atoms with Crippen LogP contribution in [0.4, 0.5) is 5.69 Å². The molecule has 18 heavy (non-hydrogen) atoms. The summed E-state index contributed by atoms with van der Waals surface area (Å²) < 4.78 is 5.32. The molecule has 0 aliphatic carbocycles. The molecule has 1 amide bonds. The number of rotatable bonds is 6. The average molecular weight is 271 g/mol. The van der Waals surface area contributed by atoms with Gasteiger partial charge in [0.25, 0.3) is 0 Å². The van der Waals surface area contributed by atoms with Crippen molar-refractivity contribution >= 4 is 23.2 Å². The summed E-state index contributed by atoms with van der Waals surface area (Å²) in [5.41, 5.74) is 0.666. The van der Waals surface area contributed by atoms with Gasteiger partial charge in [0.1, 0.15) is 5.75 Å². The molecule has 0 aromatic heterocycles. The third-order valence-corrected chi connectivity index (χ3v) is 2.48. The molecule has 0 fully saturated rings. The fourth-order valence-electron chi connectivity index (χ4n) is 1.35. The molecule has 0 bridgehead atoms. The number of benzene rings is 1. The van der Waals surface area contributed by atoms with Crippen molar-refractivity contribution < 1.29 is 9.53 Å². The van der Waals surface area contributed by atoms with Crippen LogP contribution in [-0.4, -0.2) is 25.1 Å². The zero-order valence-corrected chi connectivity index (χ0v) is 11.7. The predicted molar refractivity (Wildman–Crippen MR) is 74.4 cm³/mol. The Bertz CT molecular complexity index is 408. The Balaban J connectivity index is 2.57. The Kier molecular flexibility index (Phi) is 5.95. The van der Waals surface area contributed by atoms with Gasteiger partial charge in [-0.15, -0.1) is 0 Å². The molecule has 0 spiro atoms. The Morgan fingerprint density at radius 3 is 2.72 bits per heavy atom. The van der Waals surface area contributed by atoms with E-state index in [2.05, 4.69) is 10.6 Å². The summed E-state index contributed by atoms with van der Waals surface area (Å²) in [6.45, 7) is 6.71. The number of nitrogens with one attached hydrogen (secondary N) is 2. The third-order valence-electron chi connectivity index (χ3n) is 2.19. The van der Waals surface area contributed by atoms with Crippen LogP contribution in [0.1, 0.15) is 20.8 Å². The second kappa shape index (κ2) is 7.24. The van der Waals surface area contributed by atoms with E-state index in [-0.39, 0.29) is 18.5 Å². The van der Waals surface area contributed by atoms with Crippen LogP contribution in [0.15, 0.2) is 18.2 Å². The SMILES string of the molecule is CCOc1ccc(NC(=O)CNC(C)C)cc1Cl. The van der Waals surface area contributed by atoms with E-state index < -0.39 is 0 Å². The maximum atomic E-state index is 11.6. The molecule has 0 unspecified atom stereocenters. The molecule has 0 saturated heterocycles. The number of ether oxygens (including phenoxy) is 1. The van der Waals surface area contributed by atoms with E-state index in [1.54, 1.807) is 18.2 Å². The van der Waals surface area contributed by atoms with E-state index in [9.17, 15) is 4.79 Å². The minimum absolute atomic E-state index is 0.0936. The summed E-state index contributed by atoms with van der Waals surface area (Å²) in [5.74, 6) is 0.529. The van der Waals surface area contributed by atoms with Gasteiger partial charge in [0, 0.05) is 11.7 Å². The molecule has 0 aliphatic rings. The van der Waals surface area contributed by atoms with Gasteiger partial charge in [0.05, 0.1) is 18.2 Å². The third kappa shape index (κ3) is 4.94. The number of carbonyl (C=O) groups excluding carboxylic acids is 1. The molecular weight excluding hydrogens is 252 g/mol. The van der Waals surface area contributed by atoms with Gasteiger partial charge < -0.3 is 15.4 Å². The van der Waals surface area contributed by atoms with Crippen LogP contribution in [-0.2, 0) is 4.79 Å². The van der Waals surface area contributed by atoms with E-state index in [0.717, 1.165) is 0 Å². The second-order valence-electron chi connectivity index (χ2n) is 4.16. The summed E-state index contributed by atoms with van der Waals surface area (Å²) in [6, 6.07) is 5.47. The van der Waals surface area contributed by atoms with Crippen LogP contribution < -0.4 is 15.4 Å². The smallest absolute Gasteiger partial charge is 0.238 e. The van der Waals surface area contributed by atoms with Gasteiger partial charge in [-0.1, -0.05) is 25.4 Å². The number of halogens is 1. The monoisotopic (exact) mass is 270 g/mol. The van der Waals surface area contributed by atoms with E-state index in [1.807, 2.05) is 20.8 Å². The van der Waals surface area contributed by atoms with E-state index in [1.165, 1.54) is 0 Å². The Hall–Kier alpha value is -1.26. The summed E-state index contributed by atoms with van der Waals surface area (Å²) in [5, 5.41) is 6.30. The molecule has 1 aromatic rings. The fourth-order valence-corrected chi connectivity index (χ4v) is 1.59. The molecule has 0 radical (unpaired) electrons. The first-order valence-electron chi connectivity index (χ1n) is 5.98. The van der Waals surface area contributed by atoms with E-state index >= 15 is 0 Å². The molecule has 0 heterocycles. The summed E-state index contributed by atoms with van der Waals surface area (Å²) in [4.78, 5) is 11.6. The van der Waals surface area contributed by atoms with Crippen LogP contribution in [0.25, 0.3) is 0 Å². The summed E-state index contributed by atoms with van der Waals surface area (Å²) in [6.07, 6.45) is 0. The Morgan fingerprint density at radius 2 is 2.17 bits per heavy atom. The lowest BCUT2D eigenvalue weighted by molar-refractivity contribution is -0.115. The zero-order chi connectivity index (χ0) is 13.5. The predicted octanol–water partition coefficient (Wildman–Crippen LogP) is 2.68. The highest BCUT2D eigenvalue weighted by Crippen LogP contribution is 2.27. The molecule has 0 atom stereocenters. The minimum Gasteiger partial charge on any atom is -0.492 e. The normalized spacial score (nSPS) is 10.5. The lowest BCUT2D eigenvalue weighted by Gasteiger charge is -2.10. The van der Waals surface area contributed by atoms with Crippen LogP contribution in [0.2, 0.25) is 5.02 Å². The molecule has 5 heteroatoms. The van der Waals surface area contributed by atoms with Gasteiger partial charge in [-0.2, -0.15) is 0 Å². The molecule has 0 saturated carbocycles. The molecular formula is C13H19ClN2O2. The lowest BCUT2D eigenvalue weighted by Crippen LogP contribution is -2.32. The Morgan fingerprint density at radius 1 is 1.44 bits per heavy atom. The second-order valence-corrected chi connectivity index (χ2v) is 4.57. The highest BCUT2D eigenvalue weighted by atomic mass is 35.5.